The highest BCUT2D eigenvalue weighted by Crippen LogP contribution is 2.21. The SMILES string of the molecule is O=C(CN1CC(CF)C1)Nc1ccccc1Cl. The van der Waals surface area contributed by atoms with Gasteiger partial charge in [0.2, 0.25) is 5.91 Å². The lowest BCUT2D eigenvalue weighted by molar-refractivity contribution is -0.119. The smallest absolute Gasteiger partial charge is 0.238 e. The predicted octanol–water partition coefficient (Wildman–Crippen LogP) is 2.18. The highest BCUT2D eigenvalue weighted by molar-refractivity contribution is 6.33. The van der Waals surface area contributed by atoms with Crippen LogP contribution in [0.3, 0.4) is 0 Å². The van der Waals surface area contributed by atoms with Crippen molar-refractivity contribution in [1.82, 2.24) is 4.90 Å². The molecule has 0 atom stereocenters. The second-order valence-electron chi connectivity index (χ2n) is 4.24. The van der Waals surface area contributed by atoms with Crippen LogP contribution in [-0.4, -0.2) is 37.1 Å². The minimum atomic E-state index is -0.303. The summed E-state index contributed by atoms with van der Waals surface area (Å²) in [6.07, 6.45) is 0. The summed E-state index contributed by atoms with van der Waals surface area (Å²) in [6.45, 7) is 1.31. The Hall–Kier alpha value is -1.13. The van der Waals surface area contributed by atoms with Gasteiger partial charge in [0.15, 0.2) is 0 Å². The molecule has 1 aromatic carbocycles. The van der Waals surface area contributed by atoms with E-state index in [0.717, 1.165) is 0 Å². The number of nitrogens with one attached hydrogen (secondary N) is 1. The Morgan fingerprint density at radius 1 is 1.47 bits per heavy atom. The minimum Gasteiger partial charge on any atom is -0.324 e. The molecule has 3 nitrogen and oxygen atoms in total. The summed E-state index contributed by atoms with van der Waals surface area (Å²) in [4.78, 5) is 13.6. The molecule has 1 aliphatic rings. The molecule has 0 spiro atoms. The van der Waals surface area contributed by atoms with E-state index in [0.29, 0.717) is 30.3 Å². The molecule has 0 aromatic heterocycles. The van der Waals surface area contributed by atoms with Gasteiger partial charge in [-0.1, -0.05) is 23.7 Å². The van der Waals surface area contributed by atoms with Gasteiger partial charge in [0.05, 0.1) is 23.9 Å². The lowest BCUT2D eigenvalue weighted by Crippen LogP contribution is -2.50. The number of para-hydroxylation sites is 1. The number of halogens is 2. The summed E-state index contributed by atoms with van der Waals surface area (Å²) in [5.74, 6) is -0.0153. The monoisotopic (exact) mass is 256 g/mol. The maximum absolute atomic E-state index is 12.2. The van der Waals surface area contributed by atoms with E-state index < -0.39 is 0 Å². The maximum atomic E-state index is 12.2. The first kappa shape index (κ1) is 12.3. The number of benzene rings is 1. The Bertz CT molecular complexity index is 407. The van der Waals surface area contributed by atoms with E-state index in [1.807, 2.05) is 11.0 Å². The lowest BCUT2D eigenvalue weighted by Gasteiger charge is -2.37. The number of carbonyl (C=O) groups is 1. The fraction of sp³-hybridized carbons (Fsp3) is 0.417. The second-order valence-corrected chi connectivity index (χ2v) is 4.65. The Morgan fingerprint density at radius 3 is 2.82 bits per heavy atom. The van der Waals surface area contributed by atoms with Crippen LogP contribution in [0.5, 0.6) is 0 Å². The van der Waals surface area contributed by atoms with Crippen LogP contribution in [0.2, 0.25) is 5.02 Å². The molecule has 0 radical (unpaired) electrons. The molecule has 0 bridgehead atoms. The standard InChI is InChI=1S/C12H14ClFN2O/c13-10-3-1-2-4-11(10)15-12(17)8-16-6-9(5-14)7-16/h1-4,9H,5-8H2,(H,15,17). The first-order valence-electron chi connectivity index (χ1n) is 5.51. The van der Waals surface area contributed by atoms with Gasteiger partial charge < -0.3 is 5.32 Å². The molecule has 1 N–H and O–H groups in total. The van der Waals surface area contributed by atoms with Crippen molar-refractivity contribution < 1.29 is 9.18 Å². The predicted molar refractivity (Wildman–Crippen MR) is 66.0 cm³/mol. The molecule has 17 heavy (non-hydrogen) atoms. The molecule has 5 heteroatoms. The minimum absolute atomic E-state index is 0.100. The molecule has 1 heterocycles. The largest absolute Gasteiger partial charge is 0.324 e. The number of anilines is 1. The van der Waals surface area contributed by atoms with Crippen LogP contribution in [0.4, 0.5) is 10.1 Å². The average Bonchev–Trinajstić information content (AvgIpc) is 2.26. The fourth-order valence-electron chi connectivity index (χ4n) is 1.86. The van der Waals surface area contributed by atoms with Gasteiger partial charge in [-0.15, -0.1) is 0 Å². The van der Waals surface area contributed by atoms with Crippen LogP contribution >= 0.6 is 11.6 Å². The lowest BCUT2D eigenvalue weighted by atomic mass is 10.0. The van der Waals surface area contributed by atoms with E-state index in [2.05, 4.69) is 5.32 Å². The molecule has 2 rings (SSSR count). The number of likely N-dealkylation sites (tertiary alicyclic amines) is 1. The zero-order valence-electron chi connectivity index (χ0n) is 9.33. The highest BCUT2D eigenvalue weighted by atomic mass is 35.5. The van der Waals surface area contributed by atoms with Crippen LogP contribution in [-0.2, 0) is 4.79 Å². The van der Waals surface area contributed by atoms with E-state index in [4.69, 9.17) is 11.6 Å². The zero-order chi connectivity index (χ0) is 12.3. The maximum Gasteiger partial charge on any atom is 0.238 e. The molecule has 1 saturated heterocycles. The van der Waals surface area contributed by atoms with Gasteiger partial charge in [-0.25, -0.2) is 0 Å². The number of hydrogen-bond acceptors (Lipinski definition) is 2. The van der Waals surface area contributed by atoms with Crippen LogP contribution in [0.25, 0.3) is 0 Å². The van der Waals surface area contributed by atoms with Crippen molar-refractivity contribution in [3.8, 4) is 0 Å². The summed E-state index contributed by atoms with van der Waals surface area (Å²) >= 11 is 5.92. The third-order valence-corrected chi connectivity index (χ3v) is 3.10. The summed E-state index contributed by atoms with van der Waals surface area (Å²) < 4.78 is 12.2. The zero-order valence-corrected chi connectivity index (χ0v) is 10.1. The Balaban J connectivity index is 1.80. The first-order chi connectivity index (χ1) is 8.19. The van der Waals surface area contributed by atoms with Crippen LogP contribution < -0.4 is 5.32 Å². The molecule has 0 aliphatic carbocycles. The topological polar surface area (TPSA) is 32.3 Å². The molecular weight excluding hydrogens is 243 g/mol. The first-order valence-corrected chi connectivity index (χ1v) is 5.89. The van der Waals surface area contributed by atoms with Gasteiger partial charge in [-0.3, -0.25) is 14.1 Å². The van der Waals surface area contributed by atoms with E-state index >= 15 is 0 Å². The van der Waals surface area contributed by atoms with Gasteiger partial charge in [0.25, 0.3) is 0 Å². The number of alkyl halides is 1. The van der Waals surface area contributed by atoms with Crippen molar-refractivity contribution in [1.29, 1.82) is 0 Å². The Labute approximate surface area is 105 Å². The van der Waals surface area contributed by atoms with E-state index in [9.17, 15) is 9.18 Å². The average molecular weight is 257 g/mol. The van der Waals surface area contributed by atoms with E-state index in [1.165, 1.54) is 0 Å². The number of carbonyl (C=O) groups excluding carboxylic acids is 1. The van der Waals surface area contributed by atoms with Crippen molar-refractivity contribution >= 4 is 23.2 Å². The molecule has 92 valence electrons. The Kier molecular flexibility index (Phi) is 3.97. The number of rotatable bonds is 4. The molecule has 1 aromatic rings. The third-order valence-electron chi connectivity index (χ3n) is 2.77. The summed E-state index contributed by atoms with van der Waals surface area (Å²) in [5, 5.41) is 3.26. The summed E-state index contributed by atoms with van der Waals surface area (Å²) in [7, 11) is 0. The molecule has 0 unspecified atom stereocenters. The van der Waals surface area contributed by atoms with Crippen LogP contribution in [0, 0.1) is 5.92 Å². The van der Waals surface area contributed by atoms with Crippen molar-refractivity contribution in [2.45, 2.75) is 0 Å². The van der Waals surface area contributed by atoms with Gasteiger partial charge in [0.1, 0.15) is 0 Å². The summed E-state index contributed by atoms with van der Waals surface area (Å²) in [5.41, 5.74) is 0.613. The van der Waals surface area contributed by atoms with Gasteiger partial charge >= 0.3 is 0 Å². The van der Waals surface area contributed by atoms with Gasteiger partial charge in [-0.05, 0) is 12.1 Å². The van der Waals surface area contributed by atoms with Crippen LogP contribution in [0.15, 0.2) is 24.3 Å². The van der Waals surface area contributed by atoms with E-state index in [1.54, 1.807) is 18.2 Å². The quantitative estimate of drug-likeness (QED) is 0.896. The number of nitrogens with zero attached hydrogens (tertiary/aromatic N) is 1. The van der Waals surface area contributed by atoms with Crippen molar-refractivity contribution in [2.75, 3.05) is 31.6 Å². The molecule has 1 amide bonds. The molecular formula is C12H14ClFN2O. The van der Waals surface area contributed by atoms with E-state index in [-0.39, 0.29) is 18.5 Å². The van der Waals surface area contributed by atoms with Crippen molar-refractivity contribution in [3.63, 3.8) is 0 Å². The summed E-state index contributed by atoms with van der Waals surface area (Å²) in [6, 6.07) is 7.09. The molecule has 0 saturated carbocycles. The Morgan fingerprint density at radius 2 is 2.18 bits per heavy atom. The molecule has 1 fully saturated rings. The van der Waals surface area contributed by atoms with Crippen molar-refractivity contribution in [3.05, 3.63) is 29.3 Å². The number of hydrogen-bond donors (Lipinski definition) is 1. The van der Waals surface area contributed by atoms with Gasteiger partial charge in [-0.2, -0.15) is 0 Å². The normalized spacial score (nSPS) is 16.6. The molecule has 1 aliphatic heterocycles. The third kappa shape index (κ3) is 3.17. The van der Waals surface area contributed by atoms with Crippen LogP contribution in [0.1, 0.15) is 0 Å². The number of amides is 1. The fourth-order valence-corrected chi connectivity index (χ4v) is 2.04. The van der Waals surface area contributed by atoms with Gasteiger partial charge in [0, 0.05) is 19.0 Å². The highest BCUT2D eigenvalue weighted by Gasteiger charge is 2.27. The van der Waals surface area contributed by atoms with Crippen molar-refractivity contribution in [2.24, 2.45) is 5.92 Å². The second kappa shape index (κ2) is 5.47.